The Morgan fingerprint density at radius 3 is 1.48 bits per heavy atom. The molecule has 0 aliphatic carbocycles. The lowest BCUT2D eigenvalue weighted by molar-refractivity contribution is 0.0697. The molecule has 0 fully saturated rings. The molecule has 10 heteroatoms. The maximum absolute atomic E-state index is 12.5. The molecule has 254 valence electrons. The fourth-order valence-corrected chi connectivity index (χ4v) is 4.77. The van der Waals surface area contributed by atoms with E-state index in [1.54, 1.807) is 60.7 Å². The highest BCUT2D eigenvalue weighted by Gasteiger charge is 2.16. The van der Waals surface area contributed by atoms with E-state index in [9.17, 15) is 19.5 Å². The summed E-state index contributed by atoms with van der Waals surface area (Å²) in [6, 6.07) is 45.0. The zero-order valence-electron chi connectivity index (χ0n) is 27.7. The number of amides is 2. The Labute approximate surface area is 299 Å². The van der Waals surface area contributed by atoms with Gasteiger partial charge < -0.3 is 25.2 Å². The molecule has 0 spiro atoms. The SMILES string of the molecule is Cc1ccc(Oc2ccccc2)cc1NC(=O)c1cccc(C#N)c1.N#Cc1cccc(C(=O)Nc2cc(Oc3ccccc3)ccc2C(=O)O)c1. The van der Waals surface area contributed by atoms with Crippen LogP contribution in [0.15, 0.2) is 146 Å². The smallest absolute Gasteiger partial charge is 0.337 e. The Kier molecular flexibility index (Phi) is 11.7. The van der Waals surface area contributed by atoms with Crippen molar-refractivity contribution in [2.75, 3.05) is 10.6 Å². The van der Waals surface area contributed by atoms with Crippen molar-refractivity contribution in [2.24, 2.45) is 0 Å². The molecule has 0 unspecified atom stereocenters. The Bertz CT molecular complexity index is 2310. The van der Waals surface area contributed by atoms with Gasteiger partial charge in [0, 0.05) is 28.9 Å². The topological polar surface area (TPSA) is 162 Å². The molecule has 0 aliphatic rings. The summed E-state index contributed by atoms with van der Waals surface area (Å²) in [7, 11) is 0. The number of carbonyl (C=O) groups is 3. The van der Waals surface area contributed by atoms with E-state index in [1.165, 1.54) is 24.3 Å². The normalized spacial score (nSPS) is 9.90. The number of hydrogen-bond acceptors (Lipinski definition) is 7. The minimum absolute atomic E-state index is 0.0693. The van der Waals surface area contributed by atoms with Crippen molar-refractivity contribution in [1.29, 1.82) is 10.5 Å². The Balaban J connectivity index is 0.000000202. The molecule has 0 aliphatic heterocycles. The Morgan fingerprint density at radius 2 is 1.00 bits per heavy atom. The standard InChI is InChI=1S/C21H14N2O4.C21H16N2O2/c22-13-14-5-4-6-15(11-14)20(24)23-19-12-17(9-10-18(19)21(25)26)27-16-7-2-1-3-8-16;1-15-10-11-19(25-18-8-3-2-4-9-18)13-20(15)23-21(24)17-7-5-6-16(12-17)14-22/h1-12H,(H,23,24)(H,25,26);2-13H,1H3,(H,23,24). The number of anilines is 2. The van der Waals surface area contributed by atoms with Crippen LogP contribution >= 0.6 is 0 Å². The first-order chi connectivity index (χ1) is 25.2. The van der Waals surface area contributed by atoms with Crippen molar-refractivity contribution in [1.82, 2.24) is 0 Å². The summed E-state index contributed by atoms with van der Waals surface area (Å²) < 4.78 is 11.5. The van der Waals surface area contributed by atoms with Gasteiger partial charge in [-0.05, 0) is 91.3 Å². The van der Waals surface area contributed by atoms with Crippen LogP contribution in [0.5, 0.6) is 23.0 Å². The Morgan fingerprint density at radius 1 is 0.538 bits per heavy atom. The summed E-state index contributed by atoms with van der Waals surface area (Å²) in [5.74, 6) is 0.362. The van der Waals surface area contributed by atoms with Gasteiger partial charge in [-0.15, -0.1) is 0 Å². The number of carboxylic acid groups (broad SMARTS) is 1. The molecule has 0 saturated heterocycles. The van der Waals surface area contributed by atoms with E-state index in [2.05, 4.69) is 10.6 Å². The maximum Gasteiger partial charge on any atom is 0.337 e. The molecular formula is C42H30N4O6. The van der Waals surface area contributed by atoms with Crippen molar-refractivity contribution in [3.05, 3.63) is 179 Å². The summed E-state index contributed by atoms with van der Waals surface area (Å²) in [6.07, 6.45) is 0. The van der Waals surface area contributed by atoms with Crippen molar-refractivity contribution in [3.63, 3.8) is 0 Å². The van der Waals surface area contributed by atoms with Crippen LogP contribution in [0, 0.1) is 29.6 Å². The molecule has 0 heterocycles. The summed E-state index contributed by atoms with van der Waals surface area (Å²) in [5.41, 5.74) is 3.09. The average Bonchev–Trinajstić information content (AvgIpc) is 3.17. The van der Waals surface area contributed by atoms with Gasteiger partial charge in [-0.1, -0.05) is 54.6 Å². The molecule has 0 radical (unpaired) electrons. The van der Waals surface area contributed by atoms with E-state index in [0.717, 1.165) is 11.3 Å². The van der Waals surface area contributed by atoms with Gasteiger partial charge in [0.25, 0.3) is 11.8 Å². The van der Waals surface area contributed by atoms with Crippen molar-refractivity contribution in [3.8, 4) is 35.1 Å². The number of aryl methyl sites for hydroxylation is 1. The van der Waals surface area contributed by atoms with Crippen molar-refractivity contribution >= 4 is 29.2 Å². The van der Waals surface area contributed by atoms with Gasteiger partial charge in [0.2, 0.25) is 0 Å². The molecule has 10 nitrogen and oxygen atoms in total. The van der Waals surface area contributed by atoms with Gasteiger partial charge in [-0.3, -0.25) is 9.59 Å². The summed E-state index contributed by atoms with van der Waals surface area (Å²) in [6.45, 7) is 1.91. The van der Waals surface area contributed by atoms with Crippen LogP contribution in [-0.2, 0) is 0 Å². The summed E-state index contributed by atoms with van der Waals surface area (Å²) in [4.78, 5) is 36.4. The number of nitrogens with zero attached hydrogens (tertiary/aromatic N) is 2. The van der Waals surface area contributed by atoms with E-state index >= 15 is 0 Å². The molecule has 6 aromatic carbocycles. The molecule has 0 aromatic heterocycles. The molecule has 0 atom stereocenters. The van der Waals surface area contributed by atoms with Crippen LogP contribution in [0.3, 0.4) is 0 Å². The first-order valence-electron chi connectivity index (χ1n) is 15.8. The van der Waals surface area contributed by atoms with Gasteiger partial charge in [0.1, 0.15) is 23.0 Å². The van der Waals surface area contributed by atoms with E-state index in [1.807, 2.05) is 79.7 Å². The molecular weight excluding hydrogens is 656 g/mol. The van der Waals surface area contributed by atoms with Gasteiger partial charge >= 0.3 is 5.97 Å². The number of nitrogens with one attached hydrogen (secondary N) is 2. The number of para-hydroxylation sites is 2. The molecule has 6 aromatic rings. The molecule has 0 saturated carbocycles. The number of rotatable bonds is 9. The first-order valence-corrected chi connectivity index (χ1v) is 15.8. The number of benzene rings is 6. The van der Waals surface area contributed by atoms with Crippen LogP contribution in [0.1, 0.15) is 47.8 Å². The van der Waals surface area contributed by atoms with E-state index in [-0.39, 0.29) is 22.7 Å². The van der Waals surface area contributed by atoms with E-state index < -0.39 is 11.9 Å². The predicted octanol–water partition coefficient (Wildman–Crippen LogP) is 9.21. The average molecular weight is 687 g/mol. The Hall–Kier alpha value is -7.69. The largest absolute Gasteiger partial charge is 0.478 e. The van der Waals surface area contributed by atoms with Gasteiger partial charge in [-0.25, -0.2) is 4.79 Å². The zero-order chi connectivity index (χ0) is 36.9. The second-order valence-corrected chi connectivity index (χ2v) is 11.1. The zero-order valence-corrected chi connectivity index (χ0v) is 27.7. The molecule has 2 amide bonds. The summed E-state index contributed by atoms with van der Waals surface area (Å²) in [5, 5.41) is 32.7. The highest BCUT2D eigenvalue weighted by Crippen LogP contribution is 2.29. The third-order valence-corrected chi connectivity index (χ3v) is 7.39. The minimum Gasteiger partial charge on any atom is -0.478 e. The lowest BCUT2D eigenvalue weighted by Crippen LogP contribution is -2.15. The van der Waals surface area contributed by atoms with E-state index in [4.69, 9.17) is 20.0 Å². The second kappa shape index (κ2) is 17.1. The molecule has 6 rings (SSSR count). The number of ether oxygens (including phenoxy) is 2. The van der Waals surface area contributed by atoms with Gasteiger partial charge in [0.05, 0.1) is 34.5 Å². The highest BCUT2D eigenvalue weighted by atomic mass is 16.5. The molecule has 52 heavy (non-hydrogen) atoms. The number of hydrogen-bond donors (Lipinski definition) is 3. The molecule has 3 N–H and O–H groups in total. The fraction of sp³-hybridized carbons (Fsp3) is 0.0238. The van der Waals surface area contributed by atoms with Crippen LogP contribution in [-0.4, -0.2) is 22.9 Å². The van der Waals surface area contributed by atoms with Crippen LogP contribution in [0.4, 0.5) is 11.4 Å². The lowest BCUT2D eigenvalue weighted by atomic mass is 10.1. The third-order valence-electron chi connectivity index (χ3n) is 7.39. The maximum atomic E-state index is 12.5. The first kappa shape index (κ1) is 35.6. The minimum atomic E-state index is -1.18. The van der Waals surface area contributed by atoms with E-state index in [0.29, 0.717) is 39.6 Å². The third kappa shape index (κ3) is 9.69. The van der Waals surface area contributed by atoms with Gasteiger partial charge in [0.15, 0.2) is 0 Å². The molecule has 0 bridgehead atoms. The monoisotopic (exact) mass is 686 g/mol. The van der Waals surface area contributed by atoms with Crippen molar-refractivity contribution in [2.45, 2.75) is 6.92 Å². The van der Waals surface area contributed by atoms with Gasteiger partial charge in [-0.2, -0.15) is 10.5 Å². The highest BCUT2D eigenvalue weighted by molar-refractivity contribution is 6.08. The van der Waals surface area contributed by atoms with Crippen LogP contribution < -0.4 is 20.1 Å². The quantitative estimate of drug-likeness (QED) is 0.136. The number of aromatic carboxylic acids is 1. The van der Waals surface area contributed by atoms with Crippen molar-refractivity contribution < 1.29 is 29.0 Å². The predicted molar refractivity (Wildman–Crippen MR) is 196 cm³/mol. The lowest BCUT2D eigenvalue weighted by Gasteiger charge is -2.12. The fourth-order valence-electron chi connectivity index (χ4n) is 4.77. The number of carboxylic acids is 1. The second-order valence-electron chi connectivity index (χ2n) is 11.1. The summed E-state index contributed by atoms with van der Waals surface area (Å²) >= 11 is 0. The van der Waals surface area contributed by atoms with Crippen LogP contribution in [0.2, 0.25) is 0 Å². The number of carbonyl (C=O) groups excluding carboxylic acids is 2. The van der Waals surface area contributed by atoms with Crippen LogP contribution in [0.25, 0.3) is 0 Å². The number of nitriles is 2.